The van der Waals surface area contributed by atoms with Crippen LogP contribution in [0.3, 0.4) is 0 Å². The van der Waals surface area contributed by atoms with Crippen molar-refractivity contribution in [3.8, 4) is 0 Å². The number of carbonyl (C=O) groups excluding carboxylic acids is 2. The third-order valence-corrected chi connectivity index (χ3v) is 5.88. The molecule has 0 unspecified atom stereocenters. The van der Waals surface area contributed by atoms with Crippen molar-refractivity contribution in [3.63, 3.8) is 0 Å². The van der Waals surface area contributed by atoms with Gasteiger partial charge in [-0.05, 0) is 19.3 Å². The molecule has 0 aliphatic carbocycles. The Hall–Kier alpha value is -1.10. The SMILES string of the molecule is CCC(=O)N1CCC2(CC1)N[C@@H]([C@@H](C)CC)C(=O)N2[C@@H](C)CC. The minimum absolute atomic E-state index is 0.0811. The first-order chi connectivity index (χ1) is 10.9. The molecule has 2 aliphatic heterocycles. The van der Waals surface area contributed by atoms with Crippen LogP contribution < -0.4 is 5.32 Å². The number of piperidine rings is 1. The van der Waals surface area contributed by atoms with Gasteiger partial charge in [0.15, 0.2) is 0 Å². The average Bonchev–Trinajstić information content (AvgIpc) is 2.85. The number of hydrogen-bond acceptors (Lipinski definition) is 3. The topological polar surface area (TPSA) is 52.7 Å². The zero-order valence-corrected chi connectivity index (χ0v) is 15.4. The van der Waals surface area contributed by atoms with Gasteiger partial charge in [-0.25, -0.2) is 0 Å². The van der Waals surface area contributed by atoms with Gasteiger partial charge < -0.3 is 9.80 Å². The molecule has 5 nitrogen and oxygen atoms in total. The summed E-state index contributed by atoms with van der Waals surface area (Å²) in [5.74, 6) is 0.811. The lowest BCUT2D eigenvalue weighted by atomic mass is 9.93. The highest BCUT2D eigenvalue weighted by Crippen LogP contribution is 2.37. The average molecular weight is 323 g/mol. The van der Waals surface area contributed by atoms with Crippen molar-refractivity contribution in [1.82, 2.24) is 15.1 Å². The summed E-state index contributed by atoms with van der Waals surface area (Å²) in [6.07, 6.45) is 4.18. The molecule has 2 saturated heterocycles. The first kappa shape index (κ1) is 18.2. The smallest absolute Gasteiger partial charge is 0.241 e. The fourth-order valence-corrected chi connectivity index (χ4v) is 3.96. The molecule has 0 radical (unpaired) electrons. The van der Waals surface area contributed by atoms with Crippen molar-refractivity contribution in [2.75, 3.05) is 13.1 Å². The summed E-state index contributed by atoms with van der Waals surface area (Å²) in [5, 5.41) is 3.69. The van der Waals surface area contributed by atoms with Gasteiger partial charge in [0.25, 0.3) is 0 Å². The maximum absolute atomic E-state index is 13.0. The van der Waals surface area contributed by atoms with E-state index in [1.54, 1.807) is 0 Å². The molecule has 0 aromatic rings. The molecule has 0 saturated carbocycles. The molecule has 1 N–H and O–H groups in total. The monoisotopic (exact) mass is 323 g/mol. The molecule has 2 heterocycles. The van der Waals surface area contributed by atoms with Gasteiger partial charge in [-0.3, -0.25) is 14.9 Å². The van der Waals surface area contributed by atoms with Gasteiger partial charge in [-0.15, -0.1) is 0 Å². The Morgan fingerprint density at radius 3 is 2.30 bits per heavy atom. The van der Waals surface area contributed by atoms with E-state index in [0.717, 1.165) is 38.8 Å². The van der Waals surface area contributed by atoms with Crippen LogP contribution in [0, 0.1) is 5.92 Å². The third kappa shape index (κ3) is 3.25. The summed E-state index contributed by atoms with van der Waals surface area (Å²) in [6, 6.07) is 0.153. The van der Waals surface area contributed by atoms with Gasteiger partial charge in [0.2, 0.25) is 11.8 Å². The lowest BCUT2D eigenvalue weighted by molar-refractivity contribution is -0.139. The second-order valence-corrected chi connectivity index (χ2v) is 7.24. The van der Waals surface area contributed by atoms with E-state index in [1.165, 1.54) is 0 Å². The van der Waals surface area contributed by atoms with Crippen molar-refractivity contribution in [3.05, 3.63) is 0 Å². The van der Waals surface area contributed by atoms with Crippen molar-refractivity contribution in [2.24, 2.45) is 5.92 Å². The summed E-state index contributed by atoms with van der Waals surface area (Å²) in [7, 11) is 0. The number of hydrogen-bond donors (Lipinski definition) is 1. The minimum atomic E-state index is -0.259. The highest BCUT2D eigenvalue weighted by Gasteiger charge is 2.53. The summed E-state index contributed by atoms with van der Waals surface area (Å²) in [4.78, 5) is 29.0. The Balaban J connectivity index is 2.21. The molecule has 0 bridgehead atoms. The first-order valence-corrected chi connectivity index (χ1v) is 9.28. The highest BCUT2D eigenvalue weighted by atomic mass is 16.2. The van der Waals surface area contributed by atoms with E-state index in [2.05, 4.69) is 37.9 Å². The predicted octanol–water partition coefficient (Wildman–Crippen LogP) is 2.36. The third-order valence-electron chi connectivity index (χ3n) is 5.88. The standard InChI is InChI=1S/C18H33N3O2/c1-6-13(4)16-17(23)21(14(5)7-2)18(19-16)9-11-20(12-10-18)15(22)8-3/h13-14,16,19H,6-12H2,1-5H3/t13-,14-,16-/m0/s1. The Bertz CT molecular complexity index is 444. The largest absolute Gasteiger partial charge is 0.342 e. The van der Waals surface area contributed by atoms with Crippen molar-refractivity contribution < 1.29 is 9.59 Å². The Kier molecular flexibility index (Phi) is 5.71. The molecule has 0 aromatic carbocycles. The van der Waals surface area contributed by atoms with Crippen LogP contribution in [0.5, 0.6) is 0 Å². The molecule has 132 valence electrons. The Labute approximate surface area is 140 Å². The molecule has 2 rings (SSSR count). The van der Waals surface area contributed by atoms with Gasteiger partial charge >= 0.3 is 0 Å². The van der Waals surface area contributed by atoms with E-state index >= 15 is 0 Å². The van der Waals surface area contributed by atoms with Gasteiger partial charge in [-0.1, -0.05) is 34.1 Å². The lowest BCUT2D eigenvalue weighted by Crippen LogP contribution is -2.61. The summed E-state index contributed by atoms with van der Waals surface area (Å²) >= 11 is 0. The Morgan fingerprint density at radius 2 is 1.83 bits per heavy atom. The van der Waals surface area contributed by atoms with Crippen LogP contribution in [0.4, 0.5) is 0 Å². The van der Waals surface area contributed by atoms with Crippen molar-refractivity contribution in [2.45, 2.75) is 84.5 Å². The molecule has 0 aromatic heterocycles. The molecule has 2 fully saturated rings. The normalized spacial score (nSPS) is 26.7. The second kappa shape index (κ2) is 7.20. The van der Waals surface area contributed by atoms with E-state index in [0.29, 0.717) is 12.3 Å². The molecule has 3 atom stereocenters. The fraction of sp³-hybridized carbons (Fsp3) is 0.889. The van der Waals surface area contributed by atoms with Crippen LogP contribution in [-0.4, -0.2) is 52.5 Å². The summed E-state index contributed by atoms with van der Waals surface area (Å²) in [6.45, 7) is 12.0. The van der Waals surface area contributed by atoms with Crippen molar-refractivity contribution in [1.29, 1.82) is 0 Å². The summed E-state index contributed by atoms with van der Waals surface area (Å²) in [5.41, 5.74) is -0.259. The fourth-order valence-electron chi connectivity index (χ4n) is 3.96. The van der Waals surface area contributed by atoms with Gasteiger partial charge in [0, 0.05) is 38.4 Å². The van der Waals surface area contributed by atoms with Crippen molar-refractivity contribution >= 4 is 11.8 Å². The van der Waals surface area contributed by atoms with Gasteiger partial charge in [0.05, 0.1) is 11.7 Å². The molecular formula is C18H33N3O2. The number of nitrogens with one attached hydrogen (secondary N) is 1. The van der Waals surface area contributed by atoms with E-state index in [1.807, 2.05) is 11.8 Å². The number of carbonyl (C=O) groups is 2. The first-order valence-electron chi connectivity index (χ1n) is 9.28. The molecule has 1 spiro atoms. The molecule has 5 heteroatoms. The number of nitrogens with zero attached hydrogens (tertiary/aromatic N) is 2. The van der Waals surface area contributed by atoms with Gasteiger partial charge in [-0.2, -0.15) is 0 Å². The van der Waals surface area contributed by atoms with E-state index in [4.69, 9.17) is 0 Å². The van der Waals surface area contributed by atoms with Crippen LogP contribution in [0.25, 0.3) is 0 Å². The zero-order chi connectivity index (χ0) is 17.2. The molecule has 2 amide bonds. The zero-order valence-electron chi connectivity index (χ0n) is 15.4. The quantitative estimate of drug-likeness (QED) is 0.845. The van der Waals surface area contributed by atoms with E-state index in [9.17, 15) is 9.59 Å². The molecule has 23 heavy (non-hydrogen) atoms. The highest BCUT2D eigenvalue weighted by molar-refractivity contribution is 5.86. The van der Waals surface area contributed by atoms with Crippen LogP contribution in [0.2, 0.25) is 0 Å². The summed E-state index contributed by atoms with van der Waals surface area (Å²) < 4.78 is 0. The maximum atomic E-state index is 13.0. The Morgan fingerprint density at radius 1 is 1.22 bits per heavy atom. The lowest BCUT2D eigenvalue weighted by Gasteiger charge is -2.46. The van der Waals surface area contributed by atoms with Crippen LogP contribution in [-0.2, 0) is 9.59 Å². The van der Waals surface area contributed by atoms with Crippen LogP contribution in [0.1, 0.15) is 66.7 Å². The number of likely N-dealkylation sites (tertiary alicyclic amines) is 1. The number of rotatable bonds is 5. The van der Waals surface area contributed by atoms with Gasteiger partial charge in [0.1, 0.15) is 0 Å². The minimum Gasteiger partial charge on any atom is -0.342 e. The molecule has 2 aliphatic rings. The van der Waals surface area contributed by atoms with E-state index in [-0.39, 0.29) is 29.6 Å². The molecular weight excluding hydrogens is 290 g/mol. The second-order valence-electron chi connectivity index (χ2n) is 7.24. The predicted molar refractivity (Wildman–Crippen MR) is 91.8 cm³/mol. The van der Waals surface area contributed by atoms with Crippen LogP contribution in [0.15, 0.2) is 0 Å². The van der Waals surface area contributed by atoms with E-state index < -0.39 is 0 Å². The number of amides is 2. The van der Waals surface area contributed by atoms with Crippen LogP contribution >= 0.6 is 0 Å². The maximum Gasteiger partial charge on any atom is 0.241 e.